The van der Waals surface area contributed by atoms with Crippen molar-refractivity contribution in [1.82, 2.24) is 4.98 Å². The monoisotopic (exact) mass is 267 g/mol. The molecule has 0 radical (unpaired) electrons. The van der Waals surface area contributed by atoms with Crippen LogP contribution in [0.5, 0.6) is 0 Å². The van der Waals surface area contributed by atoms with Crippen molar-refractivity contribution < 1.29 is 4.39 Å². The van der Waals surface area contributed by atoms with Crippen LogP contribution in [0.4, 0.5) is 4.39 Å². The molecular formula is C6H4Br2FN. The summed E-state index contributed by atoms with van der Waals surface area (Å²) in [6.07, 6.45) is 0. The molecule has 0 aromatic carbocycles. The van der Waals surface area contributed by atoms with Gasteiger partial charge in [-0.25, -0.2) is 9.37 Å². The molecule has 0 aliphatic rings. The van der Waals surface area contributed by atoms with E-state index < -0.39 is 0 Å². The van der Waals surface area contributed by atoms with Crippen LogP contribution in [0.1, 0.15) is 5.69 Å². The van der Waals surface area contributed by atoms with Crippen molar-refractivity contribution in [3.63, 3.8) is 0 Å². The second-order valence-corrected chi connectivity index (χ2v) is 3.43. The lowest BCUT2D eigenvalue weighted by atomic mass is 10.4. The van der Waals surface area contributed by atoms with Gasteiger partial charge in [-0.2, -0.15) is 0 Å². The van der Waals surface area contributed by atoms with Gasteiger partial charge in [0.25, 0.3) is 0 Å². The van der Waals surface area contributed by atoms with Crippen molar-refractivity contribution in [2.45, 2.75) is 6.92 Å². The van der Waals surface area contributed by atoms with E-state index in [0.29, 0.717) is 14.8 Å². The predicted molar refractivity (Wildman–Crippen MR) is 44.3 cm³/mol. The number of nitrogens with zero attached hydrogens (tertiary/aromatic N) is 1. The van der Waals surface area contributed by atoms with E-state index in [0.717, 1.165) is 0 Å². The Morgan fingerprint density at radius 2 is 2.10 bits per heavy atom. The van der Waals surface area contributed by atoms with Crippen molar-refractivity contribution in [2.75, 3.05) is 0 Å². The highest BCUT2D eigenvalue weighted by Crippen LogP contribution is 2.22. The first-order chi connectivity index (χ1) is 4.61. The van der Waals surface area contributed by atoms with Crippen LogP contribution in [0.25, 0.3) is 0 Å². The fourth-order valence-corrected chi connectivity index (χ4v) is 1.20. The maximum absolute atomic E-state index is 12.6. The van der Waals surface area contributed by atoms with Gasteiger partial charge in [-0.3, -0.25) is 0 Å². The van der Waals surface area contributed by atoms with E-state index in [4.69, 9.17) is 0 Å². The lowest BCUT2D eigenvalue weighted by Crippen LogP contribution is -1.88. The molecule has 0 atom stereocenters. The fourth-order valence-electron chi connectivity index (χ4n) is 0.529. The lowest BCUT2D eigenvalue weighted by Gasteiger charge is -1.97. The van der Waals surface area contributed by atoms with Crippen LogP contribution in [0, 0.1) is 12.7 Å². The van der Waals surface area contributed by atoms with Crippen LogP contribution in [0.15, 0.2) is 15.1 Å². The molecule has 4 heteroatoms. The summed E-state index contributed by atoms with van der Waals surface area (Å²) in [4.78, 5) is 3.87. The fraction of sp³-hybridized carbons (Fsp3) is 0.167. The Morgan fingerprint density at radius 3 is 2.60 bits per heavy atom. The van der Waals surface area contributed by atoms with Crippen molar-refractivity contribution in [3.8, 4) is 0 Å². The molecule has 1 aromatic rings. The third-order valence-electron chi connectivity index (χ3n) is 1.06. The Labute approximate surface area is 74.9 Å². The number of rotatable bonds is 0. The third kappa shape index (κ3) is 1.55. The van der Waals surface area contributed by atoms with Crippen molar-refractivity contribution >= 4 is 31.9 Å². The number of hydrogen-bond donors (Lipinski definition) is 0. The number of hydrogen-bond acceptors (Lipinski definition) is 1. The third-order valence-corrected chi connectivity index (χ3v) is 2.80. The van der Waals surface area contributed by atoms with E-state index in [1.54, 1.807) is 6.92 Å². The summed E-state index contributed by atoms with van der Waals surface area (Å²) in [7, 11) is 0. The average molecular weight is 269 g/mol. The zero-order chi connectivity index (χ0) is 7.72. The highest BCUT2D eigenvalue weighted by Gasteiger charge is 2.02. The molecule has 54 valence electrons. The molecule has 0 aliphatic heterocycles. The molecule has 1 aromatic heterocycles. The summed E-state index contributed by atoms with van der Waals surface area (Å²) in [5.41, 5.74) is 0.398. The van der Waals surface area contributed by atoms with Gasteiger partial charge in [-0.15, -0.1) is 0 Å². The normalized spacial score (nSPS) is 10.0. The Hall–Kier alpha value is 0.0400. The van der Waals surface area contributed by atoms with Gasteiger partial charge in [0, 0.05) is 0 Å². The topological polar surface area (TPSA) is 12.9 Å². The minimum atomic E-state index is -0.296. The van der Waals surface area contributed by atoms with Gasteiger partial charge in [0.15, 0.2) is 0 Å². The molecule has 10 heavy (non-hydrogen) atoms. The largest absolute Gasteiger partial charge is 0.242 e. The molecule has 1 rings (SSSR count). The summed E-state index contributed by atoms with van der Waals surface area (Å²) in [6.45, 7) is 1.62. The maximum atomic E-state index is 12.6. The zero-order valence-electron chi connectivity index (χ0n) is 5.16. The summed E-state index contributed by atoms with van der Waals surface area (Å²) >= 11 is 6.29. The molecule has 0 unspecified atom stereocenters. The van der Waals surface area contributed by atoms with Crippen LogP contribution < -0.4 is 0 Å². The molecular weight excluding hydrogens is 265 g/mol. The van der Waals surface area contributed by atoms with Crippen LogP contribution in [-0.2, 0) is 0 Å². The summed E-state index contributed by atoms with van der Waals surface area (Å²) < 4.78 is 13.9. The average Bonchev–Trinajstić information content (AvgIpc) is 1.84. The SMILES string of the molecule is Cc1nc(Br)c(Br)cc1F. The predicted octanol–water partition coefficient (Wildman–Crippen LogP) is 3.05. The first-order valence-corrected chi connectivity index (χ1v) is 4.18. The molecule has 1 nitrogen and oxygen atoms in total. The summed E-state index contributed by atoms with van der Waals surface area (Å²) in [5.74, 6) is -0.296. The first kappa shape index (κ1) is 8.14. The standard InChI is InChI=1S/C6H4Br2FN/c1-3-5(9)2-4(7)6(8)10-3/h2H,1H3. The second kappa shape index (κ2) is 2.96. The molecule has 1 heterocycles. The first-order valence-electron chi connectivity index (χ1n) is 2.59. The Morgan fingerprint density at radius 1 is 1.50 bits per heavy atom. The van der Waals surface area contributed by atoms with Gasteiger partial charge >= 0.3 is 0 Å². The van der Waals surface area contributed by atoms with Gasteiger partial charge in [-0.1, -0.05) is 0 Å². The molecule has 0 saturated carbocycles. The van der Waals surface area contributed by atoms with E-state index >= 15 is 0 Å². The van der Waals surface area contributed by atoms with Crippen LogP contribution in [0.3, 0.4) is 0 Å². The highest BCUT2D eigenvalue weighted by molar-refractivity contribution is 9.13. The lowest BCUT2D eigenvalue weighted by molar-refractivity contribution is 0.607. The van der Waals surface area contributed by atoms with Gasteiger partial charge in [0.1, 0.15) is 10.4 Å². The van der Waals surface area contributed by atoms with E-state index in [1.807, 2.05) is 0 Å². The number of aryl methyl sites for hydroxylation is 1. The van der Waals surface area contributed by atoms with E-state index in [1.165, 1.54) is 6.07 Å². The van der Waals surface area contributed by atoms with Gasteiger partial charge in [-0.05, 0) is 44.8 Å². The maximum Gasteiger partial charge on any atom is 0.145 e. The van der Waals surface area contributed by atoms with E-state index in [-0.39, 0.29) is 5.82 Å². The minimum absolute atomic E-state index is 0.296. The molecule has 0 fully saturated rings. The quantitative estimate of drug-likeness (QED) is 0.659. The Kier molecular flexibility index (Phi) is 2.41. The summed E-state index contributed by atoms with van der Waals surface area (Å²) in [6, 6.07) is 1.38. The molecule has 0 N–H and O–H groups in total. The van der Waals surface area contributed by atoms with Crippen LogP contribution in [-0.4, -0.2) is 4.98 Å². The zero-order valence-corrected chi connectivity index (χ0v) is 8.33. The number of pyridine rings is 1. The Balaban J connectivity index is 3.28. The van der Waals surface area contributed by atoms with Crippen LogP contribution in [0.2, 0.25) is 0 Å². The van der Waals surface area contributed by atoms with Gasteiger partial charge < -0.3 is 0 Å². The summed E-state index contributed by atoms with van der Waals surface area (Å²) in [5, 5.41) is 0. The molecule has 0 aliphatic carbocycles. The van der Waals surface area contributed by atoms with E-state index in [9.17, 15) is 4.39 Å². The Bertz CT molecular complexity index is 212. The smallest absolute Gasteiger partial charge is 0.145 e. The van der Waals surface area contributed by atoms with Crippen molar-refractivity contribution in [1.29, 1.82) is 0 Å². The van der Waals surface area contributed by atoms with Crippen molar-refractivity contribution in [2.24, 2.45) is 0 Å². The molecule has 0 saturated heterocycles. The number of aromatic nitrogens is 1. The second-order valence-electron chi connectivity index (χ2n) is 1.83. The van der Waals surface area contributed by atoms with E-state index in [2.05, 4.69) is 36.8 Å². The molecule has 0 bridgehead atoms. The minimum Gasteiger partial charge on any atom is -0.242 e. The molecule has 0 amide bonds. The van der Waals surface area contributed by atoms with Crippen molar-refractivity contribution in [3.05, 3.63) is 26.7 Å². The number of halogens is 3. The molecule has 0 spiro atoms. The van der Waals surface area contributed by atoms with Gasteiger partial charge in [0.05, 0.1) is 10.2 Å². The van der Waals surface area contributed by atoms with Gasteiger partial charge in [0.2, 0.25) is 0 Å². The van der Waals surface area contributed by atoms with Crippen LogP contribution >= 0.6 is 31.9 Å². The highest BCUT2D eigenvalue weighted by atomic mass is 79.9.